The van der Waals surface area contributed by atoms with Crippen LogP contribution in [0.1, 0.15) is 0 Å². The maximum absolute atomic E-state index is 9.95. The molecule has 9 heavy (non-hydrogen) atoms. The molecule has 0 unspecified atom stereocenters. The summed E-state index contributed by atoms with van der Waals surface area (Å²) in [6, 6.07) is -1.17. The van der Waals surface area contributed by atoms with Crippen LogP contribution >= 0.6 is 0 Å². The van der Waals surface area contributed by atoms with Gasteiger partial charge in [-0.05, 0) is 0 Å². The van der Waals surface area contributed by atoms with Crippen LogP contribution in [0.3, 0.4) is 0 Å². The molecule has 0 aliphatic heterocycles. The Bertz CT molecular complexity index is 95.8. The molecule has 0 aromatic rings. The summed E-state index contributed by atoms with van der Waals surface area (Å²) in [5, 5.41) is 24.2. The van der Waals surface area contributed by atoms with E-state index in [2.05, 4.69) is 0 Å². The van der Waals surface area contributed by atoms with Gasteiger partial charge in [0.1, 0.15) is 6.04 Å². The minimum Gasteiger partial charge on any atom is -0.480 e. The Morgan fingerprint density at radius 3 is 2.33 bits per heavy atom. The van der Waals surface area contributed by atoms with E-state index in [4.69, 9.17) is 15.4 Å². The second-order valence-corrected chi connectivity index (χ2v) is 1.33. The van der Waals surface area contributed by atoms with Gasteiger partial charge in [0, 0.05) is 0 Å². The number of carbonyl (C=O) groups is 1. The number of rotatable bonds is 4. The number of hydrazine groups is 1. The highest BCUT2D eigenvalue weighted by atomic mass is 16.5. The molecule has 6 nitrogen and oxygen atoms in total. The lowest BCUT2D eigenvalue weighted by Gasteiger charge is -2.07. The number of carboxylic acids is 1. The van der Waals surface area contributed by atoms with Gasteiger partial charge >= 0.3 is 5.97 Å². The number of hydrogen-bond donors (Lipinski definition) is 5. The maximum Gasteiger partial charge on any atom is 0.324 e. The Balaban J connectivity index is 3.54. The molecule has 1 atom stereocenters. The zero-order chi connectivity index (χ0) is 7.28. The first-order chi connectivity index (χ1) is 4.22. The third-order valence-electron chi connectivity index (χ3n) is 0.719. The molecule has 0 aromatic heterocycles. The van der Waals surface area contributed by atoms with Crippen LogP contribution in [0, 0.1) is 0 Å². The topological polar surface area (TPSA) is 102 Å². The third-order valence-corrected chi connectivity index (χ3v) is 0.719. The fourth-order valence-corrected chi connectivity index (χ4v) is 0.263. The molecule has 0 bridgehead atoms. The summed E-state index contributed by atoms with van der Waals surface area (Å²) in [5.41, 5.74) is 3.30. The van der Waals surface area contributed by atoms with E-state index in [1.165, 1.54) is 5.59 Å². The fraction of sp³-hybridized carbons (Fsp3) is 0.667. The van der Waals surface area contributed by atoms with E-state index >= 15 is 0 Å². The number of aliphatic hydroxyl groups is 1. The number of carboxylic acid groups (broad SMARTS) is 1. The molecule has 54 valence electrons. The highest BCUT2D eigenvalue weighted by molar-refractivity contribution is 5.73. The van der Waals surface area contributed by atoms with Crippen LogP contribution in [0.4, 0.5) is 0 Å². The zero-order valence-corrected chi connectivity index (χ0v) is 4.53. The predicted molar refractivity (Wildman–Crippen MR) is 26.6 cm³/mol. The molecular formula is C3H8N2O4. The minimum atomic E-state index is -1.24. The summed E-state index contributed by atoms with van der Waals surface area (Å²) in [7, 11) is 0. The van der Waals surface area contributed by atoms with Crippen molar-refractivity contribution < 1.29 is 20.2 Å². The van der Waals surface area contributed by atoms with E-state index in [1.54, 1.807) is 0 Å². The van der Waals surface area contributed by atoms with Gasteiger partial charge in [-0.25, -0.2) is 5.43 Å². The van der Waals surface area contributed by atoms with Crippen molar-refractivity contribution in [2.24, 2.45) is 0 Å². The molecule has 0 saturated carbocycles. The molecule has 0 rings (SSSR count). The van der Waals surface area contributed by atoms with Crippen molar-refractivity contribution in [2.45, 2.75) is 6.04 Å². The molecule has 0 aliphatic carbocycles. The Morgan fingerprint density at radius 1 is 1.67 bits per heavy atom. The lowest BCUT2D eigenvalue weighted by atomic mass is 10.3. The number of hydrogen-bond acceptors (Lipinski definition) is 5. The quantitative estimate of drug-likeness (QED) is 0.284. The summed E-state index contributed by atoms with van der Waals surface area (Å²) in [6.45, 7) is -0.580. The van der Waals surface area contributed by atoms with Crippen LogP contribution in [0.15, 0.2) is 0 Å². The molecule has 0 aromatic carbocycles. The molecule has 0 radical (unpaired) electrons. The molecule has 0 amide bonds. The Kier molecular flexibility index (Phi) is 3.89. The van der Waals surface area contributed by atoms with Crippen molar-refractivity contribution in [3.8, 4) is 0 Å². The van der Waals surface area contributed by atoms with Gasteiger partial charge in [0.25, 0.3) is 0 Å². The smallest absolute Gasteiger partial charge is 0.324 e. The number of aliphatic carboxylic acids is 1. The molecule has 0 aliphatic rings. The van der Waals surface area contributed by atoms with Crippen molar-refractivity contribution in [3.63, 3.8) is 0 Å². The summed E-state index contributed by atoms with van der Waals surface area (Å²) in [6.07, 6.45) is 0. The first-order valence-electron chi connectivity index (χ1n) is 2.20. The lowest BCUT2D eigenvalue weighted by Crippen LogP contribution is -2.46. The molecule has 0 heterocycles. The van der Waals surface area contributed by atoms with Gasteiger partial charge in [-0.2, -0.15) is 0 Å². The summed E-state index contributed by atoms with van der Waals surface area (Å²) < 4.78 is 0. The highest BCUT2D eigenvalue weighted by Gasteiger charge is 2.13. The second kappa shape index (κ2) is 4.21. The van der Waals surface area contributed by atoms with Gasteiger partial charge in [-0.3, -0.25) is 4.79 Å². The lowest BCUT2D eigenvalue weighted by molar-refractivity contribution is -0.142. The van der Waals surface area contributed by atoms with Gasteiger partial charge in [-0.1, -0.05) is 0 Å². The van der Waals surface area contributed by atoms with E-state index in [-0.39, 0.29) is 0 Å². The first-order valence-corrected chi connectivity index (χ1v) is 2.20. The molecule has 0 spiro atoms. The standard InChI is InChI=1S/C3H8N2O4/c6-1-2(3(7)8)4-5-9/h2,4-6,9H,1H2,(H,7,8)/t2-/m0/s1. The van der Waals surface area contributed by atoms with E-state index < -0.39 is 18.6 Å². The largest absolute Gasteiger partial charge is 0.480 e. The second-order valence-electron chi connectivity index (χ2n) is 1.33. The maximum atomic E-state index is 9.95. The summed E-state index contributed by atoms with van der Waals surface area (Å²) in [4.78, 5) is 9.95. The van der Waals surface area contributed by atoms with Crippen molar-refractivity contribution in [1.29, 1.82) is 0 Å². The normalized spacial score (nSPS) is 13.1. The van der Waals surface area contributed by atoms with Crippen molar-refractivity contribution >= 4 is 5.97 Å². The monoisotopic (exact) mass is 136 g/mol. The van der Waals surface area contributed by atoms with Crippen molar-refractivity contribution in [3.05, 3.63) is 0 Å². The average Bonchev–Trinajstić information content (AvgIpc) is 1.82. The Hall–Kier alpha value is -0.690. The van der Waals surface area contributed by atoms with E-state index in [0.29, 0.717) is 0 Å². The minimum absolute atomic E-state index is 0.580. The van der Waals surface area contributed by atoms with Gasteiger partial charge in [0.05, 0.1) is 6.61 Å². The summed E-state index contributed by atoms with van der Waals surface area (Å²) >= 11 is 0. The van der Waals surface area contributed by atoms with Crippen LogP contribution in [0.25, 0.3) is 0 Å². The third kappa shape index (κ3) is 2.98. The van der Waals surface area contributed by atoms with Crippen molar-refractivity contribution in [1.82, 2.24) is 11.0 Å². The molecule has 0 saturated heterocycles. The van der Waals surface area contributed by atoms with Crippen LogP contribution in [0.2, 0.25) is 0 Å². The van der Waals surface area contributed by atoms with Gasteiger partial charge in [-0.15, -0.1) is 5.59 Å². The fourth-order valence-electron chi connectivity index (χ4n) is 0.263. The number of nitrogens with one attached hydrogen (secondary N) is 2. The van der Waals surface area contributed by atoms with Crippen LogP contribution in [-0.4, -0.2) is 34.0 Å². The van der Waals surface area contributed by atoms with E-state index in [0.717, 1.165) is 0 Å². The summed E-state index contributed by atoms with van der Waals surface area (Å²) in [5.74, 6) is -1.24. The predicted octanol–water partition coefficient (Wildman–Crippen LogP) is -2.08. The Morgan fingerprint density at radius 2 is 2.22 bits per heavy atom. The molecule has 5 N–H and O–H groups in total. The number of aliphatic hydroxyl groups excluding tert-OH is 1. The van der Waals surface area contributed by atoms with E-state index in [9.17, 15) is 4.79 Å². The van der Waals surface area contributed by atoms with E-state index in [1.807, 2.05) is 5.43 Å². The van der Waals surface area contributed by atoms with Crippen LogP contribution in [-0.2, 0) is 4.79 Å². The Labute approximate surface area is 51.0 Å². The van der Waals surface area contributed by atoms with Gasteiger partial charge in [0.15, 0.2) is 0 Å². The van der Waals surface area contributed by atoms with Crippen molar-refractivity contribution in [2.75, 3.05) is 6.61 Å². The average molecular weight is 136 g/mol. The molecule has 6 heteroatoms. The van der Waals surface area contributed by atoms with Gasteiger partial charge < -0.3 is 15.4 Å². The zero-order valence-electron chi connectivity index (χ0n) is 4.53. The van der Waals surface area contributed by atoms with Crippen LogP contribution < -0.4 is 11.0 Å². The SMILES string of the molecule is O=C(O)[C@H](CO)NNO. The first kappa shape index (κ1) is 8.31. The van der Waals surface area contributed by atoms with Crippen LogP contribution in [0.5, 0.6) is 0 Å². The molecule has 0 fully saturated rings. The van der Waals surface area contributed by atoms with Gasteiger partial charge in [0.2, 0.25) is 0 Å². The molecular weight excluding hydrogens is 128 g/mol. The highest BCUT2D eigenvalue weighted by Crippen LogP contribution is 1.76.